The number of rotatable bonds is 4. The molecular weight excluding hydrogens is 298 g/mol. The summed E-state index contributed by atoms with van der Waals surface area (Å²) < 4.78 is 5.93. The highest BCUT2D eigenvalue weighted by Crippen LogP contribution is 2.34. The van der Waals surface area contributed by atoms with Crippen molar-refractivity contribution in [1.82, 2.24) is 4.90 Å². The van der Waals surface area contributed by atoms with Crippen molar-refractivity contribution in [3.05, 3.63) is 60.2 Å². The van der Waals surface area contributed by atoms with Crippen LogP contribution in [0.5, 0.6) is 0 Å². The highest BCUT2D eigenvalue weighted by Gasteiger charge is 2.40. The molecule has 1 aliphatic carbocycles. The number of aliphatic hydroxyl groups is 1. The van der Waals surface area contributed by atoms with E-state index in [2.05, 4.69) is 53.4 Å². The Bertz CT molecular complexity index is 655. The van der Waals surface area contributed by atoms with E-state index in [1.807, 2.05) is 6.07 Å². The molecule has 4 rings (SSSR count). The van der Waals surface area contributed by atoms with Crippen LogP contribution in [0.4, 0.5) is 0 Å². The SMILES string of the molecule is OC[C@H]1CC2OCCN(Cc3ccc(-c4ccccc4)cc3)[C@H]2C1. The van der Waals surface area contributed by atoms with Gasteiger partial charge in [-0.15, -0.1) is 0 Å². The number of hydrogen-bond acceptors (Lipinski definition) is 3. The van der Waals surface area contributed by atoms with Crippen molar-refractivity contribution in [1.29, 1.82) is 0 Å². The average Bonchev–Trinajstić information content (AvgIpc) is 3.08. The Balaban J connectivity index is 1.45. The van der Waals surface area contributed by atoms with Crippen molar-refractivity contribution in [2.24, 2.45) is 5.92 Å². The normalized spacial score (nSPS) is 27.1. The highest BCUT2D eigenvalue weighted by molar-refractivity contribution is 5.63. The van der Waals surface area contributed by atoms with Gasteiger partial charge in [0, 0.05) is 25.7 Å². The van der Waals surface area contributed by atoms with Crippen LogP contribution in [-0.4, -0.2) is 41.9 Å². The van der Waals surface area contributed by atoms with Gasteiger partial charge in [-0.3, -0.25) is 4.90 Å². The van der Waals surface area contributed by atoms with E-state index < -0.39 is 0 Å². The Kier molecular flexibility index (Phi) is 4.65. The van der Waals surface area contributed by atoms with Gasteiger partial charge in [0.2, 0.25) is 0 Å². The van der Waals surface area contributed by atoms with Crippen LogP contribution in [0.2, 0.25) is 0 Å². The molecule has 1 unspecified atom stereocenters. The summed E-state index contributed by atoms with van der Waals surface area (Å²) in [4.78, 5) is 2.54. The minimum atomic E-state index is 0.288. The summed E-state index contributed by atoms with van der Waals surface area (Å²) in [7, 11) is 0. The summed E-state index contributed by atoms with van der Waals surface area (Å²) in [6, 6.07) is 19.9. The summed E-state index contributed by atoms with van der Waals surface area (Å²) in [5.74, 6) is 0.404. The zero-order valence-electron chi connectivity index (χ0n) is 14.0. The predicted octanol–water partition coefficient (Wildman–Crippen LogP) is 3.33. The summed E-state index contributed by atoms with van der Waals surface area (Å²) in [6.45, 7) is 3.05. The van der Waals surface area contributed by atoms with Crippen molar-refractivity contribution in [3.8, 4) is 11.1 Å². The third-order valence-corrected chi connectivity index (χ3v) is 5.45. The smallest absolute Gasteiger partial charge is 0.0734 e. The standard InChI is InChI=1S/C21H25NO2/c23-15-17-12-20-21(13-17)24-11-10-22(20)14-16-6-8-19(9-7-16)18-4-2-1-3-5-18/h1-9,17,20-21,23H,10-15H2/t17-,20+,21?/m1/s1. The highest BCUT2D eigenvalue weighted by atomic mass is 16.5. The van der Waals surface area contributed by atoms with Crippen LogP contribution < -0.4 is 0 Å². The molecule has 1 aliphatic heterocycles. The number of fused-ring (bicyclic) bond motifs is 1. The maximum absolute atomic E-state index is 9.45. The largest absolute Gasteiger partial charge is 0.396 e. The minimum absolute atomic E-state index is 0.288. The van der Waals surface area contributed by atoms with Crippen LogP contribution in [0.15, 0.2) is 54.6 Å². The van der Waals surface area contributed by atoms with E-state index in [4.69, 9.17) is 4.74 Å². The molecule has 3 heteroatoms. The Morgan fingerprint density at radius 3 is 2.46 bits per heavy atom. The van der Waals surface area contributed by atoms with Crippen LogP contribution in [0.3, 0.4) is 0 Å². The summed E-state index contributed by atoms with van der Waals surface area (Å²) in [5, 5.41) is 9.45. The van der Waals surface area contributed by atoms with Gasteiger partial charge in [-0.2, -0.15) is 0 Å². The number of hydrogen-bond donors (Lipinski definition) is 1. The van der Waals surface area contributed by atoms with E-state index in [1.165, 1.54) is 16.7 Å². The summed E-state index contributed by atoms with van der Waals surface area (Å²) >= 11 is 0. The molecule has 2 aliphatic rings. The van der Waals surface area contributed by atoms with Crippen LogP contribution in [-0.2, 0) is 11.3 Å². The lowest BCUT2D eigenvalue weighted by Gasteiger charge is -2.37. The van der Waals surface area contributed by atoms with Gasteiger partial charge in [0.15, 0.2) is 0 Å². The van der Waals surface area contributed by atoms with E-state index in [1.54, 1.807) is 0 Å². The van der Waals surface area contributed by atoms with E-state index >= 15 is 0 Å². The Morgan fingerprint density at radius 2 is 1.71 bits per heavy atom. The molecule has 24 heavy (non-hydrogen) atoms. The Hall–Kier alpha value is -1.68. The summed E-state index contributed by atoms with van der Waals surface area (Å²) in [6.07, 6.45) is 2.37. The first kappa shape index (κ1) is 15.8. The van der Waals surface area contributed by atoms with Crippen LogP contribution in [0.25, 0.3) is 11.1 Å². The van der Waals surface area contributed by atoms with E-state index in [9.17, 15) is 5.11 Å². The van der Waals surface area contributed by atoms with Crippen molar-refractivity contribution < 1.29 is 9.84 Å². The first-order valence-electron chi connectivity index (χ1n) is 8.94. The molecule has 0 amide bonds. The second-order valence-corrected chi connectivity index (χ2v) is 7.03. The molecule has 3 atom stereocenters. The van der Waals surface area contributed by atoms with Crippen molar-refractivity contribution in [3.63, 3.8) is 0 Å². The number of nitrogens with zero attached hydrogens (tertiary/aromatic N) is 1. The topological polar surface area (TPSA) is 32.7 Å². The average molecular weight is 323 g/mol. The number of ether oxygens (including phenoxy) is 1. The molecule has 1 N–H and O–H groups in total. The molecule has 0 aromatic heterocycles. The quantitative estimate of drug-likeness (QED) is 0.937. The fourth-order valence-corrected chi connectivity index (χ4v) is 4.14. The molecule has 1 heterocycles. The van der Waals surface area contributed by atoms with Gasteiger partial charge in [-0.05, 0) is 35.4 Å². The van der Waals surface area contributed by atoms with E-state index in [0.29, 0.717) is 18.1 Å². The summed E-state index contributed by atoms with van der Waals surface area (Å²) in [5.41, 5.74) is 3.88. The van der Waals surface area contributed by atoms with Gasteiger partial charge < -0.3 is 9.84 Å². The number of morpholine rings is 1. The third-order valence-electron chi connectivity index (χ3n) is 5.45. The predicted molar refractivity (Wildman–Crippen MR) is 95.6 cm³/mol. The molecule has 2 aromatic carbocycles. The molecule has 0 spiro atoms. The monoisotopic (exact) mass is 323 g/mol. The fourth-order valence-electron chi connectivity index (χ4n) is 4.14. The van der Waals surface area contributed by atoms with Gasteiger partial charge in [0.25, 0.3) is 0 Å². The lowest BCUT2D eigenvalue weighted by Crippen LogP contribution is -2.47. The Morgan fingerprint density at radius 1 is 0.958 bits per heavy atom. The molecule has 2 fully saturated rings. The molecule has 0 bridgehead atoms. The minimum Gasteiger partial charge on any atom is -0.396 e. The molecule has 2 aromatic rings. The maximum Gasteiger partial charge on any atom is 0.0734 e. The van der Waals surface area contributed by atoms with Gasteiger partial charge in [-0.25, -0.2) is 0 Å². The van der Waals surface area contributed by atoms with Crippen molar-refractivity contribution >= 4 is 0 Å². The van der Waals surface area contributed by atoms with Gasteiger partial charge in [-0.1, -0.05) is 54.6 Å². The number of aliphatic hydroxyl groups excluding tert-OH is 1. The van der Waals surface area contributed by atoms with E-state index in [-0.39, 0.29) is 6.61 Å². The van der Waals surface area contributed by atoms with Crippen molar-refractivity contribution in [2.75, 3.05) is 19.8 Å². The lowest BCUT2D eigenvalue weighted by molar-refractivity contribution is -0.0590. The molecule has 126 valence electrons. The molecule has 3 nitrogen and oxygen atoms in total. The zero-order chi connectivity index (χ0) is 16.4. The first-order valence-corrected chi connectivity index (χ1v) is 8.94. The van der Waals surface area contributed by atoms with Gasteiger partial charge in [0.1, 0.15) is 0 Å². The molecular formula is C21H25NO2. The third kappa shape index (κ3) is 3.25. The lowest BCUT2D eigenvalue weighted by atomic mass is 10.0. The molecule has 1 saturated carbocycles. The molecule has 1 saturated heterocycles. The molecule has 0 radical (unpaired) electrons. The number of benzene rings is 2. The second-order valence-electron chi connectivity index (χ2n) is 7.03. The van der Waals surface area contributed by atoms with E-state index in [0.717, 1.165) is 32.5 Å². The van der Waals surface area contributed by atoms with Gasteiger partial charge >= 0.3 is 0 Å². The van der Waals surface area contributed by atoms with Crippen LogP contribution in [0.1, 0.15) is 18.4 Å². The maximum atomic E-state index is 9.45. The fraction of sp³-hybridized carbons (Fsp3) is 0.429. The Labute approximate surface area is 143 Å². The van der Waals surface area contributed by atoms with Crippen LogP contribution in [0, 0.1) is 5.92 Å². The zero-order valence-corrected chi connectivity index (χ0v) is 14.0. The first-order chi connectivity index (χ1) is 11.8. The van der Waals surface area contributed by atoms with Crippen molar-refractivity contribution in [2.45, 2.75) is 31.5 Å². The van der Waals surface area contributed by atoms with Gasteiger partial charge in [0.05, 0.1) is 12.7 Å². The van der Waals surface area contributed by atoms with Crippen LogP contribution >= 0.6 is 0 Å². The second kappa shape index (κ2) is 7.06.